The summed E-state index contributed by atoms with van der Waals surface area (Å²) in [5.74, 6) is -0.756. The summed E-state index contributed by atoms with van der Waals surface area (Å²) in [6.07, 6.45) is 3.26. The number of carbonyl (C=O) groups excluding carboxylic acids is 2. The van der Waals surface area contributed by atoms with Gasteiger partial charge in [-0.15, -0.1) is 0 Å². The number of hydrogen-bond acceptors (Lipinski definition) is 4. The van der Waals surface area contributed by atoms with Gasteiger partial charge in [0.05, 0.1) is 0 Å². The fourth-order valence-corrected chi connectivity index (χ4v) is 2.26. The van der Waals surface area contributed by atoms with Crippen LogP contribution in [0, 0.1) is 5.82 Å². The number of carbonyl (C=O) groups is 2. The molecule has 0 spiro atoms. The highest BCUT2D eigenvalue weighted by Crippen LogP contribution is 2.18. The molecule has 0 saturated heterocycles. The molecule has 0 saturated carbocycles. The predicted octanol–water partition coefficient (Wildman–Crippen LogP) is 3.42. The lowest BCUT2D eigenvalue weighted by Crippen LogP contribution is -2.22. The molecule has 0 aliphatic heterocycles. The van der Waals surface area contributed by atoms with E-state index in [2.05, 4.69) is 5.10 Å². The third kappa shape index (κ3) is 3.80. The van der Waals surface area contributed by atoms with Crippen molar-refractivity contribution in [2.24, 2.45) is 0 Å². The van der Waals surface area contributed by atoms with Gasteiger partial charge in [-0.1, -0.05) is 0 Å². The molecule has 1 unspecified atom stereocenters. The fraction of sp³-hybridized carbons (Fsp3) is 0.105. The van der Waals surface area contributed by atoms with Gasteiger partial charge in [0, 0.05) is 23.5 Å². The second kappa shape index (κ2) is 7.09. The maximum absolute atomic E-state index is 12.9. The molecule has 3 rings (SSSR count). The zero-order valence-electron chi connectivity index (χ0n) is 13.4. The van der Waals surface area contributed by atoms with Crippen LogP contribution in [0.4, 0.5) is 4.39 Å². The van der Waals surface area contributed by atoms with Crippen molar-refractivity contribution in [2.45, 2.75) is 13.0 Å². The van der Waals surface area contributed by atoms with Crippen molar-refractivity contribution in [3.05, 3.63) is 83.9 Å². The van der Waals surface area contributed by atoms with Crippen molar-refractivity contribution in [2.75, 3.05) is 0 Å². The van der Waals surface area contributed by atoms with Crippen LogP contribution in [0.3, 0.4) is 0 Å². The molecule has 1 atom stereocenters. The molecule has 0 aliphatic rings. The largest absolute Gasteiger partial charge is 0.425 e. The molecule has 3 aromatic rings. The Labute approximate surface area is 143 Å². The summed E-state index contributed by atoms with van der Waals surface area (Å²) < 4.78 is 19.7. The number of nitrogens with zero attached hydrogens (tertiary/aromatic N) is 2. The Kier molecular flexibility index (Phi) is 4.70. The van der Waals surface area contributed by atoms with E-state index in [1.807, 2.05) is 0 Å². The monoisotopic (exact) mass is 338 g/mol. The Bertz CT molecular complexity index is 872. The van der Waals surface area contributed by atoms with Crippen molar-refractivity contribution in [3.63, 3.8) is 0 Å². The summed E-state index contributed by atoms with van der Waals surface area (Å²) in [5.41, 5.74) is 0.810. The summed E-state index contributed by atoms with van der Waals surface area (Å²) in [6, 6.07) is 12.7. The zero-order chi connectivity index (χ0) is 17.8. The summed E-state index contributed by atoms with van der Waals surface area (Å²) >= 11 is 0. The Morgan fingerprint density at radius 2 is 1.64 bits per heavy atom. The standard InChI is InChI=1S/C19H15FN2O3/c1-13(22-12-2-11-21-22)19(24)25-17-9-5-15(6-10-17)18(23)14-3-7-16(20)8-4-14/h2-13H,1H3. The number of ether oxygens (including phenoxy) is 1. The second-order valence-electron chi connectivity index (χ2n) is 5.44. The lowest BCUT2D eigenvalue weighted by atomic mass is 10.0. The van der Waals surface area contributed by atoms with E-state index in [-0.39, 0.29) is 5.78 Å². The van der Waals surface area contributed by atoms with Gasteiger partial charge in [0.15, 0.2) is 5.78 Å². The van der Waals surface area contributed by atoms with Gasteiger partial charge in [-0.05, 0) is 61.5 Å². The van der Waals surface area contributed by atoms with E-state index in [4.69, 9.17) is 4.74 Å². The summed E-state index contributed by atoms with van der Waals surface area (Å²) in [7, 11) is 0. The Hall–Kier alpha value is -3.28. The molecule has 6 heteroatoms. The third-order valence-corrected chi connectivity index (χ3v) is 3.70. The Morgan fingerprint density at radius 1 is 1.04 bits per heavy atom. The van der Waals surface area contributed by atoms with Crippen LogP contribution in [-0.4, -0.2) is 21.5 Å². The van der Waals surface area contributed by atoms with Crippen molar-refractivity contribution >= 4 is 11.8 Å². The number of halogens is 1. The number of ketones is 1. The molecule has 1 heterocycles. The molecule has 1 aromatic heterocycles. The van der Waals surface area contributed by atoms with E-state index in [0.717, 1.165) is 0 Å². The topological polar surface area (TPSA) is 61.2 Å². The quantitative estimate of drug-likeness (QED) is 0.406. The van der Waals surface area contributed by atoms with Gasteiger partial charge < -0.3 is 4.74 Å². The zero-order valence-corrected chi connectivity index (χ0v) is 13.4. The highest BCUT2D eigenvalue weighted by atomic mass is 19.1. The maximum Gasteiger partial charge on any atom is 0.336 e. The first kappa shape index (κ1) is 16.6. The summed E-state index contributed by atoms with van der Waals surface area (Å²) in [6.45, 7) is 1.68. The Morgan fingerprint density at radius 3 is 2.20 bits per heavy atom. The maximum atomic E-state index is 12.9. The van der Waals surface area contributed by atoms with Crippen LogP contribution in [-0.2, 0) is 4.79 Å². The van der Waals surface area contributed by atoms with Gasteiger partial charge in [-0.2, -0.15) is 5.10 Å². The van der Waals surface area contributed by atoms with Crippen molar-refractivity contribution in [3.8, 4) is 5.75 Å². The summed E-state index contributed by atoms with van der Waals surface area (Å²) in [5, 5.41) is 4.00. The Balaban J connectivity index is 1.68. The number of rotatable bonds is 5. The highest BCUT2D eigenvalue weighted by molar-refractivity contribution is 6.09. The molecule has 0 radical (unpaired) electrons. The molecular formula is C19H15FN2O3. The normalized spacial score (nSPS) is 11.8. The van der Waals surface area contributed by atoms with Crippen LogP contribution in [0.25, 0.3) is 0 Å². The molecule has 0 N–H and O–H groups in total. The minimum Gasteiger partial charge on any atom is -0.425 e. The SMILES string of the molecule is CC(C(=O)Oc1ccc(C(=O)c2ccc(F)cc2)cc1)n1cccn1. The van der Waals surface area contributed by atoms with E-state index in [1.165, 1.54) is 28.9 Å². The van der Waals surface area contributed by atoms with E-state index < -0.39 is 17.8 Å². The molecule has 25 heavy (non-hydrogen) atoms. The number of aromatic nitrogens is 2. The first-order valence-electron chi connectivity index (χ1n) is 7.66. The minimum atomic E-state index is -0.560. The average Bonchev–Trinajstić information content (AvgIpc) is 3.16. The minimum absolute atomic E-state index is 0.234. The molecule has 2 aromatic carbocycles. The van der Waals surface area contributed by atoms with Gasteiger partial charge in [0.1, 0.15) is 17.6 Å². The van der Waals surface area contributed by atoms with Crippen LogP contribution in [0.2, 0.25) is 0 Å². The number of hydrogen-bond donors (Lipinski definition) is 0. The summed E-state index contributed by atoms with van der Waals surface area (Å²) in [4.78, 5) is 24.4. The molecule has 0 amide bonds. The fourth-order valence-electron chi connectivity index (χ4n) is 2.26. The van der Waals surface area contributed by atoms with Gasteiger partial charge >= 0.3 is 5.97 Å². The first-order chi connectivity index (χ1) is 12.0. The van der Waals surface area contributed by atoms with Crippen LogP contribution in [0.5, 0.6) is 5.75 Å². The van der Waals surface area contributed by atoms with Gasteiger partial charge in [-0.3, -0.25) is 9.48 Å². The van der Waals surface area contributed by atoms with Gasteiger partial charge in [-0.25, -0.2) is 9.18 Å². The number of benzene rings is 2. The van der Waals surface area contributed by atoms with Crippen LogP contribution in [0.1, 0.15) is 28.9 Å². The van der Waals surface area contributed by atoms with E-state index >= 15 is 0 Å². The van der Waals surface area contributed by atoms with E-state index in [0.29, 0.717) is 16.9 Å². The average molecular weight is 338 g/mol. The van der Waals surface area contributed by atoms with Crippen molar-refractivity contribution in [1.82, 2.24) is 9.78 Å². The van der Waals surface area contributed by atoms with Gasteiger partial charge in [0.2, 0.25) is 0 Å². The van der Waals surface area contributed by atoms with Crippen molar-refractivity contribution in [1.29, 1.82) is 0 Å². The van der Waals surface area contributed by atoms with Crippen LogP contribution in [0.15, 0.2) is 67.0 Å². The predicted molar refractivity (Wildman–Crippen MR) is 88.8 cm³/mol. The lowest BCUT2D eigenvalue weighted by Gasteiger charge is -2.11. The molecule has 0 bridgehead atoms. The molecule has 0 fully saturated rings. The molecule has 0 aliphatic carbocycles. The molecular weight excluding hydrogens is 323 g/mol. The van der Waals surface area contributed by atoms with E-state index in [9.17, 15) is 14.0 Å². The van der Waals surface area contributed by atoms with Crippen molar-refractivity contribution < 1.29 is 18.7 Å². The lowest BCUT2D eigenvalue weighted by molar-refractivity contribution is -0.137. The highest BCUT2D eigenvalue weighted by Gasteiger charge is 2.17. The van der Waals surface area contributed by atoms with Gasteiger partial charge in [0.25, 0.3) is 0 Å². The number of esters is 1. The molecule has 5 nitrogen and oxygen atoms in total. The van der Waals surface area contributed by atoms with Crippen LogP contribution >= 0.6 is 0 Å². The smallest absolute Gasteiger partial charge is 0.336 e. The first-order valence-corrected chi connectivity index (χ1v) is 7.66. The third-order valence-electron chi connectivity index (χ3n) is 3.70. The second-order valence-corrected chi connectivity index (χ2v) is 5.44. The van der Waals surface area contributed by atoms with Crippen LogP contribution < -0.4 is 4.74 Å². The molecule has 126 valence electrons. The van der Waals surface area contributed by atoms with E-state index in [1.54, 1.807) is 49.6 Å².